The van der Waals surface area contributed by atoms with Gasteiger partial charge in [-0.1, -0.05) is 0 Å². The Kier molecular flexibility index (Phi) is 5.94. The molecule has 0 unspecified atom stereocenters. The number of pyridine rings is 1. The molecule has 1 saturated heterocycles. The van der Waals surface area contributed by atoms with Crippen molar-refractivity contribution in [3.8, 4) is 6.07 Å². The Labute approximate surface area is 145 Å². The maximum atomic E-state index is 12.6. The highest BCUT2D eigenvalue weighted by Gasteiger charge is 2.31. The van der Waals surface area contributed by atoms with E-state index in [2.05, 4.69) is 4.98 Å². The van der Waals surface area contributed by atoms with Gasteiger partial charge in [0.15, 0.2) is 0 Å². The van der Waals surface area contributed by atoms with Crippen LogP contribution in [0.5, 0.6) is 0 Å². The molecular formula is C17H23N3O3S. The van der Waals surface area contributed by atoms with Gasteiger partial charge in [0.1, 0.15) is 10.6 Å². The summed E-state index contributed by atoms with van der Waals surface area (Å²) < 4.78 is 18.1. The van der Waals surface area contributed by atoms with Crippen molar-refractivity contribution in [1.29, 1.82) is 5.26 Å². The molecule has 1 aliphatic rings. The average Bonchev–Trinajstić information content (AvgIpc) is 2.53. The third-order valence-electron chi connectivity index (χ3n) is 3.70. The second-order valence-electron chi connectivity index (χ2n) is 6.83. The summed E-state index contributed by atoms with van der Waals surface area (Å²) in [5.41, 5.74) is -0.123. The number of amides is 1. The number of carbonyl (C=O) groups excluding carboxylic acids is 1. The second-order valence-corrected chi connectivity index (χ2v) is 8.27. The first-order chi connectivity index (χ1) is 11.3. The number of carbonyl (C=O) groups is 1. The van der Waals surface area contributed by atoms with E-state index in [1.807, 2.05) is 26.8 Å². The van der Waals surface area contributed by atoms with E-state index in [9.17, 15) is 9.00 Å². The van der Waals surface area contributed by atoms with Crippen molar-refractivity contribution in [3.05, 3.63) is 23.9 Å². The Morgan fingerprint density at radius 1 is 1.50 bits per heavy atom. The van der Waals surface area contributed by atoms with E-state index in [0.717, 1.165) is 19.3 Å². The highest BCUT2D eigenvalue weighted by Crippen LogP contribution is 2.22. The number of rotatable bonds is 3. The Hall–Kier alpha value is -1.94. The van der Waals surface area contributed by atoms with Crippen molar-refractivity contribution >= 4 is 16.9 Å². The van der Waals surface area contributed by atoms with Crippen LogP contribution < -0.4 is 0 Å². The summed E-state index contributed by atoms with van der Waals surface area (Å²) in [6.45, 7) is 6.11. The van der Waals surface area contributed by atoms with E-state index in [-0.39, 0.29) is 12.1 Å². The van der Waals surface area contributed by atoms with Crippen molar-refractivity contribution in [1.82, 2.24) is 9.88 Å². The molecule has 0 aromatic carbocycles. The third-order valence-corrected chi connectivity index (χ3v) is 5.07. The summed E-state index contributed by atoms with van der Waals surface area (Å²) >= 11 is 0. The number of aromatic nitrogens is 1. The van der Waals surface area contributed by atoms with Gasteiger partial charge in [-0.15, -0.1) is 0 Å². The van der Waals surface area contributed by atoms with Crippen LogP contribution in [0.2, 0.25) is 0 Å². The van der Waals surface area contributed by atoms with Crippen molar-refractivity contribution in [2.45, 2.75) is 56.7 Å². The van der Waals surface area contributed by atoms with Gasteiger partial charge in [0.2, 0.25) is 0 Å². The van der Waals surface area contributed by atoms with Gasteiger partial charge < -0.3 is 9.64 Å². The first-order valence-corrected chi connectivity index (χ1v) is 9.36. The molecule has 0 N–H and O–H groups in total. The number of ether oxygens (including phenoxy) is 1. The highest BCUT2D eigenvalue weighted by atomic mass is 32.2. The van der Waals surface area contributed by atoms with Gasteiger partial charge in [-0.3, -0.25) is 4.21 Å². The molecule has 2 atom stereocenters. The van der Waals surface area contributed by atoms with E-state index in [0.29, 0.717) is 22.9 Å². The molecule has 2 heterocycles. The molecule has 0 spiro atoms. The molecule has 1 aromatic rings. The number of likely N-dealkylation sites (tertiary alicyclic amines) is 1. The molecular weight excluding hydrogens is 326 g/mol. The SMILES string of the molecule is CC(C)(C)OC(=O)N1CCCC[C@@H]1C[S@@](=O)c1cc(C#N)ccn1. The first kappa shape index (κ1) is 18.4. The molecule has 7 heteroatoms. The normalized spacial score (nSPS) is 19.4. The van der Waals surface area contributed by atoms with Crippen molar-refractivity contribution in [3.63, 3.8) is 0 Å². The molecule has 1 fully saturated rings. The molecule has 0 saturated carbocycles. The van der Waals surface area contributed by atoms with Gasteiger partial charge >= 0.3 is 6.09 Å². The quantitative estimate of drug-likeness (QED) is 0.838. The Morgan fingerprint density at radius 3 is 2.92 bits per heavy atom. The summed E-state index contributed by atoms with van der Waals surface area (Å²) in [7, 11) is -1.36. The zero-order chi connectivity index (χ0) is 17.7. The second kappa shape index (κ2) is 7.75. The molecule has 2 rings (SSSR count). The van der Waals surface area contributed by atoms with E-state index in [1.54, 1.807) is 11.0 Å². The molecule has 130 valence electrons. The molecule has 1 amide bonds. The van der Waals surface area contributed by atoms with Gasteiger partial charge in [0.25, 0.3) is 0 Å². The first-order valence-electron chi connectivity index (χ1n) is 8.04. The summed E-state index contributed by atoms with van der Waals surface area (Å²) in [5.74, 6) is 0.307. The van der Waals surface area contributed by atoms with Crippen LogP contribution in [0.4, 0.5) is 4.79 Å². The highest BCUT2D eigenvalue weighted by molar-refractivity contribution is 7.85. The minimum atomic E-state index is -1.36. The van der Waals surface area contributed by atoms with Crippen LogP contribution in [0.3, 0.4) is 0 Å². The minimum absolute atomic E-state index is 0.137. The monoisotopic (exact) mass is 349 g/mol. The van der Waals surface area contributed by atoms with Crippen LogP contribution in [-0.4, -0.2) is 44.1 Å². The van der Waals surface area contributed by atoms with Crippen LogP contribution in [0.25, 0.3) is 0 Å². The number of nitriles is 1. The lowest BCUT2D eigenvalue weighted by Gasteiger charge is -2.36. The van der Waals surface area contributed by atoms with Gasteiger partial charge in [-0.2, -0.15) is 5.26 Å². The fourth-order valence-corrected chi connectivity index (χ4v) is 3.90. The molecule has 0 radical (unpaired) electrons. The van der Waals surface area contributed by atoms with E-state index in [1.165, 1.54) is 12.3 Å². The molecule has 0 aliphatic carbocycles. The summed E-state index contributed by atoms with van der Waals surface area (Å²) in [6, 6.07) is 5.00. The van der Waals surface area contributed by atoms with Crippen LogP contribution >= 0.6 is 0 Å². The number of hydrogen-bond donors (Lipinski definition) is 0. The zero-order valence-electron chi connectivity index (χ0n) is 14.3. The summed E-state index contributed by atoms with van der Waals surface area (Å²) in [6.07, 6.45) is 3.83. The number of piperidine rings is 1. The summed E-state index contributed by atoms with van der Waals surface area (Å²) in [4.78, 5) is 18.2. The van der Waals surface area contributed by atoms with Gasteiger partial charge in [0.05, 0.1) is 28.2 Å². The average molecular weight is 349 g/mol. The molecule has 1 aromatic heterocycles. The maximum Gasteiger partial charge on any atom is 0.410 e. The van der Waals surface area contributed by atoms with E-state index >= 15 is 0 Å². The van der Waals surface area contributed by atoms with Crippen molar-refractivity contribution < 1.29 is 13.7 Å². The lowest BCUT2D eigenvalue weighted by molar-refractivity contribution is 0.0125. The number of nitrogens with zero attached hydrogens (tertiary/aromatic N) is 3. The van der Waals surface area contributed by atoms with Crippen LogP contribution in [0.1, 0.15) is 45.6 Å². The summed E-state index contributed by atoms with van der Waals surface area (Å²) in [5, 5.41) is 9.32. The van der Waals surface area contributed by atoms with Gasteiger partial charge in [-0.05, 0) is 52.2 Å². The standard InChI is InChI=1S/C17H23N3O3S/c1-17(2,3)23-16(21)20-9-5-4-6-14(20)12-24(22)15-10-13(11-18)7-8-19-15/h7-8,10,14H,4-6,9,12H2,1-3H3/t14-,24-/m1/s1. The predicted molar refractivity (Wildman–Crippen MR) is 90.8 cm³/mol. The van der Waals surface area contributed by atoms with Gasteiger partial charge in [-0.25, -0.2) is 9.78 Å². The fourth-order valence-electron chi connectivity index (χ4n) is 2.60. The molecule has 6 nitrogen and oxygen atoms in total. The van der Waals surface area contributed by atoms with Crippen LogP contribution in [-0.2, 0) is 15.5 Å². The van der Waals surface area contributed by atoms with E-state index < -0.39 is 16.4 Å². The Bertz CT molecular complexity index is 664. The maximum absolute atomic E-state index is 12.6. The van der Waals surface area contributed by atoms with Crippen LogP contribution in [0, 0.1) is 11.3 Å². The van der Waals surface area contributed by atoms with E-state index in [4.69, 9.17) is 10.00 Å². The number of hydrogen-bond acceptors (Lipinski definition) is 5. The van der Waals surface area contributed by atoms with Crippen molar-refractivity contribution in [2.75, 3.05) is 12.3 Å². The Morgan fingerprint density at radius 2 is 2.25 bits per heavy atom. The fraction of sp³-hybridized carbons (Fsp3) is 0.588. The smallest absolute Gasteiger partial charge is 0.410 e. The lowest BCUT2D eigenvalue weighted by atomic mass is 10.0. The molecule has 1 aliphatic heterocycles. The predicted octanol–water partition coefficient (Wildman–Crippen LogP) is 2.85. The minimum Gasteiger partial charge on any atom is -0.444 e. The molecule has 24 heavy (non-hydrogen) atoms. The molecule has 0 bridgehead atoms. The van der Waals surface area contributed by atoms with Crippen LogP contribution in [0.15, 0.2) is 23.4 Å². The largest absolute Gasteiger partial charge is 0.444 e. The van der Waals surface area contributed by atoms with Gasteiger partial charge in [0, 0.05) is 18.8 Å². The third kappa shape index (κ3) is 5.03. The lowest BCUT2D eigenvalue weighted by Crippen LogP contribution is -2.48. The van der Waals surface area contributed by atoms with Crippen molar-refractivity contribution in [2.24, 2.45) is 0 Å². The topological polar surface area (TPSA) is 83.3 Å². The zero-order valence-corrected chi connectivity index (χ0v) is 15.1. The Balaban J connectivity index is 2.09.